The van der Waals surface area contributed by atoms with Gasteiger partial charge in [-0.2, -0.15) is 0 Å². The summed E-state index contributed by atoms with van der Waals surface area (Å²) in [4.78, 5) is 12.6. The molecule has 1 amide bonds. The lowest BCUT2D eigenvalue weighted by molar-refractivity contribution is -0.120. The van der Waals surface area contributed by atoms with Crippen LogP contribution < -0.4 is 5.32 Å². The maximum absolute atomic E-state index is 11.5. The molecule has 0 aliphatic carbocycles. The third kappa shape index (κ3) is 3.32. The van der Waals surface area contributed by atoms with Crippen LogP contribution in [0, 0.1) is 0 Å². The first-order valence-electron chi connectivity index (χ1n) is 5.25. The Labute approximate surface area is 93.4 Å². The van der Waals surface area contributed by atoms with E-state index in [4.69, 9.17) is 4.74 Å². The van der Waals surface area contributed by atoms with Gasteiger partial charge in [0.25, 0.3) is 0 Å². The largest absolute Gasteiger partial charge is 0.376 e. The van der Waals surface area contributed by atoms with Gasteiger partial charge in [-0.05, 0) is 24.3 Å². The van der Waals surface area contributed by atoms with Gasteiger partial charge in [-0.25, -0.2) is 0 Å². The molecule has 3 nitrogen and oxygen atoms in total. The van der Waals surface area contributed by atoms with Crippen molar-refractivity contribution in [1.82, 2.24) is 5.32 Å². The second kappa shape index (κ2) is 5.28. The molecule has 1 fully saturated rings. The molecule has 2 heterocycles. The molecule has 0 bridgehead atoms. The zero-order chi connectivity index (χ0) is 10.5. The van der Waals surface area contributed by atoms with Gasteiger partial charge < -0.3 is 10.1 Å². The second-order valence-corrected chi connectivity index (χ2v) is 4.73. The predicted molar refractivity (Wildman–Crippen MR) is 60.0 cm³/mol. The highest BCUT2D eigenvalue weighted by Crippen LogP contribution is 2.11. The zero-order valence-corrected chi connectivity index (χ0v) is 9.39. The van der Waals surface area contributed by atoms with Gasteiger partial charge in [0.15, 0.2) is 0 Å². The first kappa shape index (κ1) is 10.6. The Morgan fingerprint density at radius 1 is 1.67 bits per heavy atom. The van der Waals surface area contributed by atoms with Crippen LogP contribution >= 0.6 is 11.3 Å². The highest BCUT2D eigenvalue weighted by molar-refractivity contribution is 7.10. The minimum Gasteiger partial charge on any atom is -0.376 e. The number of hydrogen-bond donors (Lipinski definition) is 1. The van der Waals surface area contributed by atoms with E-state index in [0.29, 0.717) is 13.0 Å². The fraction of sp³-hybridized carbons (Fsp3) is 0.545. The molecule has 15 heavy (non-hydrogen) atoms. The predicted octanol–water partition coefficient (Wildman–Crippen LogP) is 1.59. The van der Waals surface area contributed by atoms with Crippen molar-refractivity contribution in [3.63, 3.8) is 0 Å². The highest BCUT2D eigenvalue weighted by Gasteiger charge is 2.16. The van der Waals surface area contributed by atoms with Crippen LogP contribution in [0.1, 0.15) is 17.7 Å². The third-order valence-corrected chi connectivity index (χ3v) is 3.34. The number of rotatable bonds is 4. The molecule has 82 valence electrons. The first-order chi connectivity index (χ1) is 7.34. The van der Waals surface area contributed by atoms with Crippen LogP contribution in [0.5, 0.6) is 0 Å². The van der Waals surface area contributed by atoms with E-state index in [1.54, 1.807) is 11.3 Å². The average Bonchev–Trinajstić information content (AvgIpc) is 2.86. The molecular formula is C11H15NO2S. The van der Waals surface area contributed by atoms with Crippen LogP contribution in [0.25, 0.3) is 0 Å². The standard InChI is InChI=1S/C11H15NO2S/c13-11(7-10-4-2-6-15-10)12-8-9-3-1-5-14-9/h2,4,6,9H,1,3,5,7-8H2,(H,12,13)/t9-/m0/s1. The summed E-state index contributed by atoms with van der Waals surface area (Å²) in [7, 11) is 0. The minimum atomic E-state index is 0.0907. The smallest absolute Gasteiger partial charge is 0.225 e. The Hall–Kier alpha value is -0.870. The Balaban J connectivity index is 1.68. The number of carbonyl (C=O) groups excluding carboxylic acids is 1. The van der Waals surface area contributed by atoms with Crippen molar-refractivity contribution in [2.75, 3.05) is 13.2 Å². The summed E-state index contributed by atoms with van der Waals surface area (Å²) >= 11 is 1.62. The van der Waals surface area contributed by atoms with Crippen molar-refractivity contribution >= 4 is 17.2 Å². The van der Waals surface area contributed by atoms with Crippen LogP contribution in [0.2, 0.25) is 0 Å². The molecular weight excluding hydrogens is 210 g/mol. The first-order valence-corrected chi connectivity index (χ1v) is 6.13. The lowest BCUT2D eigenvalue weighted by atomic mass is 10.2. The minimum absolute atomic E-state index is 0.0907. The monoisotopic (exact) mass is 225 g/mol. The highest BCUT2D eigenvalue weighted by atomic mass is 32.1. The number of carbonyl (C=O) groups is 1. The van der Waals surface area contributed by atoms with Crippen molar-refractivity contribution < 1.29 is 9.53 Å². The molecule has 0 radical (unpaired) electrons. The fourth-order valence-electron chi connectivity index (χ4n) is 1.67. The van der Waals surface area contributed by atoms with Gasteiger partial charge in [0.05, 0.1) is 12.5 Å². The van der Waals surface area contributed by atoms with Crippen LogP contribution in [0.4, 0.5) is 0 Å². The van der Waals surface area contributed by atoms with Crippen LogP contribution in [-0.4, -0.2) is 25.2 Å². The molecule has 1 aliphatic heterocycles. The maximum Gasteiger partial charge on any atom is 0.225 e. The van der Waals surface area contributed by atoms with E-state index in [-0.39, 0.29) is 12.0 Å². The second-order valence-electron chi connectivity index (χ2n) is 3.70. The number of hydrogen-bond acceptors (Lipinski definition) is 3. The Morgan fingerprint density at radius 3 is 3.27 bits per heavy atom. The van der Waals surface area contributed by atoms with Crippen LogP contribution in [0.3, 0.4) is 0 Å². The fourth-order valence-corrected chi connectivity index (χ4v) is 2.37. The molecule has 0 saturated carbocycles. The molecule has 2 rings (SSSR count). The molecule has 1 saturated heterocycles. The Bertz CT molecular complexity index is 304. The van der Waals surface area contributed by atoms with Gasteiger partial charge >= 0.3 is 0 Å². The van der Waals surface area contributed by atoms with Crippen molar-refractivity contribution in [2.45, 2.75) is 25.4 Å². The van der Waals surface area contributed by atoms with Crippen molar-refractivity contribution in [3.8, 4) is 0 Å². The van der Waals surface area contributed by atoms with E-state index in [1.807, 2.05) is 17.5 Å². The van der Waals surface area contributed by atoms with E-state index in [1.165, 1.54) is 0 Å². The molecule has 0 unspecified atom stereocenters. The van der Waals surface area contributed by atoms with E-state index in [9.17, 15) is 4.79 Å². The van der Waals surface area contributed by atoms with Crippen LogP contribution in [0.15, 0.2) is 17.5 Å². The molecule has 1 atom stereocenters. The topological polar surface area (TPSA) is 38.3 Å². The lowest BCUT2D eigenvalue weighted by Gasteiger charge is -2.10. The summed E-state index contributed by atoms with van der Waals surface area (Å²) in [5.74, 6) is 0.0907. The molecule has 1 N–H and O–H groups in total. The number of amides is 1. The lowest BCUT2D eigenvalue weighted by Crippen LogP contribution is -2.32. The normalized spacial score (nSPS) is 20.4. The molecule has 1 aromatic heterocycles. The quantitative estimate of drug-likeness (QED) is 0.845. The number of nitrogens with one attached hydrogen (secondary N) is 1. The Kier molecular flexibility index (Phi) is 3.75. The summed E-state index contributed by atoms with van der Waals surface area (Å²) in [6.07, 6.45) is 2.91. The van der Waals surface area contributed by atoms with Gasteiger partial charge in [-0.15, -0.1) is 11.3 Å². The van der Waals surface area contributed by atoms with Crippen molar-refractivity contribution in [3.05, 3.63) is 22.4 Å². The van der Waals surface area contributed by atoms with E-state index < -0.39 is 0 Å². The molecule has 4 heteroatoms. The molecule has 1 aromatic rings. The zero-order valence-electron chi connectivity index (χ0n) is 8.57. The Morgan fingerprint density at radius 2 is 2.60 bits per heavy atom. The van der Waals surface area contributed by atoms with Gasteiger partial charge in [-0.1, -0.05) is 6.07 Å². The number of thiophene rings is 1. The molecule has 0 aromatic carbocycles. The summed E-state index contributed by atoms with van der Waals surface area (Å²) in [6, 6.07) is 3.95. The third-order valence-electron chi connectivity index (χ3n) is 2.47. The summed E-state index contributed by atoms with van der Waals surface area (Å²) in [5.41, 5.74) is 0. The van der Waals surface area contributed by atoms with Crippen molar-refractivity contribution in [1.29, 1.82) is 0 Å². The van der Waals surface area contributed by atoms with Crippen molar-refractivity contribution in [2.24, 2.45) is 0 Å². The molecule has 0 spiro atoms. The van der Waals surface area contributed by atoms with E-state index >= 15 is 0 Å². The number of ether oxygens (including phenoxy) is 1. The maximum atomic E-state index is 11.5. The van der Waals surface area contributed by atoms with Crippen LogP contribution in [-0.2, 0) is 16.0 Å². The van der Waals surface area contributed by atoms with E-state index in [0.717, 1.165) is 24.3 Å². The van der Waals surface area contributed by atoms with Gasteiger partial charge in [0.2, 0.25) is 5.91 Å². The van der Waals surface area contributed by atoms with Gasteiger partial charge in [0, 0.05) is 18.0 Å². The van der Waals surface area contributed by atoms with E-state index in [2.05, 4.69) is 5.32 Å². The summed E-state index contributed by atoms with van der Waals surface area (Å²) < 4.78 is 5.43. The summed E-state index contributed by atoms with van der Waals surface area (Å²) in [5, 5.41) is 4.89. The average molecular weight is 225 g/mol. The van der Waals surface area contributed by atoms with Gasteiger partial charge in [-0.3, -0.25) is 4.79 Å². The molecule has 1 aliphatic rings. The summed E-state index contributed by atoms with van der Waals surface area (Å²) in [6.45, 7) is 1.50. The SMILES string of the molecule is O=C(Cc1cccs1)NC[C@@H]1CCCO1. The van der Waals surface area contributed by atoms with Gasteiger partial charge in [0.1, 0.15) is 0 Å².